The number of halogens is 1. The number of aromatic nitrogens is 1. The molecule has 22 heavy (non-hydrogen) atoms. The predicted octanol–water partition coefficient (Wildman–Crippen LogP) is 3.04. The Morgan fingerprint density at radius 1 is 1.23 bits per heavy atom. The van der Waals surface area contributed by atoms with Gasteiger partial charge in [-0.2, -0.15) is 0 Å². The number of guanidine groups is 1. The lowest BCUT2D eigenvalue weighted by Crippen LogP contribution is -2.38. The number of aliphatic imine (C=N–C) groups is 1. The normalized spacial score (nSPS) is 17.0. The van der Waals surface area contributed by atoms with Crippen LogP contribution in [0.25, 0.3) is 10.9 Å². The fraction of sp³-hybridized carbons (Fsp3) is 0.471. The van der Waals surface area contributed by atoms with E-state index in [9.17, 15) is 4.39 Å². The van der Waals surface area contributed by atoms with Gasteiger partial charge in [0.25, 0.3) is 0 Å². The van der Waals surface area contributed by atoms with Crippen molar-refractivity contribution in [1.29, 1.82) is 0 Å². The number of benzene rings is 1. The molecule has 1 aliphatic heterocycles. The topological polar surface area (TPSA) is 57.4 Å². The number of fused-ring (bicyclic) bond motifs is 1. The van der Waals surface area contributed by atoms with Crippen LogP contribution in [0.3, 0.4) is 0 Å². The molecular weight excluding hydrogens is 279 g/mol. The second kappa shape index (κ2) is 6.81. The van der Waals surface area contributed by atoms with E-state index >= 15 is 0 Å². The van der Waals surface area contributed by atoms with Crippen LogP contribution >= 0.6 is 0 Å². The second-order valence-electron chi connectivity index (χ2n) is 5.90. The van der Waals surface area contributed by atoms with Crippen molar-refractivity contribution in [3.63, 3.8) is 0 Å². The summed E-state index contributed by atoms with van der Waals surface area (Å²) in [5, 5.41) is 1.06. The molecule has 2 heterocycles. The first kappa shape index (κ1) is 14.9. The largest absolute Gasteiger partial charge is 0.370 e. The van der Waals surface area contributed by atoms with Crippen molar-refractivity contribution >= 4 is 16.9 Å². The minimum Gasteiger partial charge on any atom is -0.370 e. The summed E-state index contributed by atoms with van der Waals surface area (Å²) in [7, 11) is 0. The van der Waals surface area contributed by atoms with E-state index in [2.05, 4.69) is 14.9 Å². The monoisotopic (exact) mass is 302 g/mol. The maximum atomic E-state index is 13.2. The molecule has 0 spiro atoms. The number of H-pyrrole nitrogens is 1. The van der Waals surface area contributed by atoms with E-state index in [1.165, 1.54) is 37.8 Å². The first-order chi connectivity index (χ1) is 10.7. The fourth-order valence-corrected chi connectivity index (χ4v) is 3.06. The van der Waals surface area contributed by atoms with Crippen molar-refractivity contribution in [2.45, 2.75) is 32.1 Å². The third-order valence-corrected chi connectivity index (χ3v) is 4.31. The number of likely N-dealkylation sites (tertiary alicyclic amines) is 1. The molecule has 1 aliphatic rings. The Bertz CT molecular complexity index is 654. The summed E-state index contributed by atoms with van der Waals surface area (Å²) < 4.78 is 13.2. The summed E-state index contributed by atoms with van der Waals surface area (Å²) in [6, 6.07) is 4.83. The Morgan fingerprint density at radius 3 is 2.77 bits per heavy atom. The van der Waals surface area contributed by atoms with Crippen LogP contribution in [0.15, 0.2) is 29.4 Å². The molecule has 0 unspecified atom stereocenters. The van der Waals surface area contributed by atoms with Crippen LogP contribution in [0.1, 0.15) is 31.2 Å². The molecule has 1 fully saturated rings. The van der Waals surface area contributed by atoms with Gasteiger partial charge in [0.1, 0.15) is 5.82 Å². The van der Waals surface area contributed by atoms with E-state index < -0.39 is 0 Å². The molecule has 3 N–H and O–H groups in total. The van der Waals surface area contributed by atoms with Crippen LogP contribution in [0.5, 0.6) is 0 Å². The molecule has 1 aromatic heterocycles. The highest BCUT2D eigenvalue weighted by Gasteiger charge is 2.10. The quantitative estimate of drug-likeness (QED) is 0.676. The Labute approximate surface area is 130 Å². The zero-order valence-corrected chi connectivity index (χ0v) is 12.8. The summed E-state index contributed by atoms with van der Waals surface area (Å²) in [5.41, 5.74) is 8.10. The highest BCUT2D eigenvalue weighted by molar-refractivity contribution is 5.83. The van der Waals surface area contributed by atoms with Gasteiger partial charge in [0.15, 0.2) is 5.96 Å². The number of hydrogen-bond donors (Lipinski definition) is 2. The molecule has 5 heteroatoms. The van der Waals surface area contributed by atoms with Crippen LogP contribution in [0.4, 0.5) is 4.39 Å². The van der Waals surface area contributed by atoms with Crippen molar-refractivity contribution in [3.8, 4) is 0 Å². The van der Waals surface area contributed by atoms with Crippen LogP contribution < -0.4 is 5.73 Å². The minimum absolute atomic E-state index is 0.218. The van der Waals surface area contributed by atoms with Crippen molar-refractivity contribution in [2.24, 2.45) is 10.7 Å². The van der Waals surface area contributed by atoms with Gasteiger partial charge in [0, 0.05) is 36.7 Å². The third kappa shape index (κ3) is 3.40. The number of rotatable bonds is 3. The number of hydrogen-bond acceptors (Lipinski definition) is 1. The fourth-order valence-electron chi connectivity index (χ4n) is 3.06. The molecule has 0 bridgehead atoms. The van der Waals surface area contributed by atoms with Gasteiger partial charge >= 0.3 is 0 Å². The molecule has 1 aromatic carbocycles. The van der Waals surface area contributed by atoms with Crippen LogP contribution in [0.2, 0.25) is 0 Å². The smallest absolute Gasteiger partial charge is 0.191 e. The van der Waals surface area contributed by atoms with E-state index in [1.807, 2.05) is 12.3 Å². The van der Waals surface area contributed by atoms with Crippen LogP contribution in [-0.4, -0.2) is 35.5 Å². The number of nitrogens with one attached hydrogen (secondary N) is 1. The number of nitrogens with zero attached hydrogens (tertiary/aromatic N) is 2. The van der Waals surface area contributed by atoms with E-state index in [1.54, 1.807) is 0 Å². The molecule has 118 valence electrons. The lowest BCUT2D eigenvalue weighted by Gasteiger charge is -2.21. The summed E-state index contributed by atoms with van der Waals surface area (Å²) in [5.74, 6) is 0.442. The summed E-state index contributed by atoms with van der Waals surface area (Å²) >= 11 is 0. The van der Waals surface area contributed by atoms with Gasteiger partial charge in [-0.15, -0.1) is 0 Å². The molecule has 1 saturated heterocycles. The Morgan fingerprint density at radius 2 is 2.00 bits per heavy atom. The summed E-state index contributed by atoms with van der Waals surface area (Å²) in [6.07, 6.45) is 7.71. The summed E-state index contributed by atoms with van der Waals surface area (Å²) in [4.78, 5) is 9.82. The first-order valence-electron chi connectivity index (χ1n) is 8.04. The highest BCUT2D eigenvalue weighted by Crippen LogP contribution is 2.19. The van der Waals surface area contributed by atoms with E-state index in [4.69, 9.17) is 5.73 Å². The van der Waals surface area contributed by atoms with Crippen molar-refractivity contribution in [2.75, 3.05) is 19.6 Å². The van der Waals surface area contributed by atoms with E-state index in [0.717, 1.165) is 36.0 Å². The third-order valence-electron chi connectivity index (χ3n) is 4.31. The van der Waals surface area contributed by atoms with Crippen molar-refractivity contribution < 1.29 is 4.39 Å². The maximum absolute atomic E-state index is 13.2. The zero-order chi connectivity index (χ0) is 15.4. The van der Waals surface area contributed by atoms with Crippen LogP contribution in [0, 0.1) is 5.82 Å². The van der Waals surface area contributed by atoms with E-state index in [-0.39, 0.29) is 5.82 Å². The minimum atomic E-state index is -0.218. The first-order valence-corrected chi connectivity index (χ1v) is 8.04. The molecule has 4 nitrogen and oxygen atoms in total. The average Bonchev–Trinajstić information content (AvgIpc) is 2.74. The van der Waals surface area contributed by atoms with Gasteiger partial charge in [-0.3, -0.25) is 4.99 Å². The Kier molecular flexibility index (Phi) is 4.61. The molecule has 0 saturated carbocycles. The molecule has 2 aromatic rings. The van der Waals surface area contributed by atoms with E-state index in [0.29, 0.717) is 12.5 Å². The SMILES string of the molecule is NC(=NCCc1c[nH]c2cc(F)ccc12)N1CCCCCC1. The molecule has 0 radical (unpaired) electrons. The molecular formula is C17H23FN4. The molecule has 0 atom stereocenters. The molecule has 3 rings (SSSR count). The molecule has 0 amide bonds. The van der Waals surface area contributed by atoms with Crippen molar-refractivity contribution in [1.82, 2.24) is 9.88 Å². The van der Waals surface area contributed by atoms with Gasteiger partial charge in [-0.05, 0) is 43.0 Å². The number of nitrogens with two attached hydrogens (primary N) is 1. The highest BCUT2D eigenvalue weighted by atomic mass is 19.1. The maximum Gasteiger partial charge on any atom is 0.191 e. The standard InChI is InChI=1S/C17H23FN4/c18-14-5-6-15-13(12-21-16(15)11-14)7-8-20-17(19)22-9-3-1-2-4-10-22/h5-6,11-12,21H,1-4,7-10H2,(H2,19,20). The second-order valence-corrected chi connectivity index (χ2v) is 5.90. The number of aromatic amines is 1. The van der Waals surface area contributed by atoms with Crippen molar-refractivity contribution in [3.05, 3.63) is 35.8 Å². The Hall–Kier alpha value is -2.04. The van der Waals surface area contributed by atoms with Gasteiger partial charge in [-0.25, -0.2) is 4.39 Å². The Balaban J connectivity index is 1.62. The van der Waals surface area contributed by atoms with Gasteiger partial charge in [0.05, 0.1) is 0 Å². The zero-order valence-electron chi connectivity index (χ0n) is 12.8. The molecule has 0 aliphatic carbocycles. The lowest BCUT2D eigenvalue weighted by atomic mass is 10.1. The van der Waals surface area contributed by atoms with Crippen LogP contribution in [-0.2, 0) is 6.42 Å². The summed E-state index contributed by atoms with van der Waals surface area (Å²) in [6.45, 7) is 2.69. The predicted molar refractivity (Wildman–Crippen MR) is 88.5 cm³/mol. The van der Waals surface area contributed by atoms with Gasteiger partial charge in [0.2, 0.25) is 0 Å². The van der Waals surface area contributed by atoms with Gasteiger partial charge in [-0.1, -0.05) is 12.8 Å². The van der Waals surface area contributed by atoms with Gasteiger partial charge < -0.3 is 15.6 Å². The lowest BCUT2D eigenvalue weighted by molar-refractivity contribution is 0.428. The average molecular weight is 302 g/mol.